The van der Waals surface area contributed by atoms with Crippen LogP contribution in [0.5, 0.6) is 0 Å². The van der Waals surface area contributed by atoms with Gasteiger partial charge in [0.15, 0.2) is 0 Å². The summed E-state index contributed by atoms with van der Waals surface area (Å²) in [4.78, 5) is 9.10. The molecule has 0 bridgehead atoms. The summed E-state index contributed by atoms with van der Waals surface area (Å²) in [5.41, 5.74) is 13.7. The van der Waals surface area contributed by atoms with Crippen LogP contribution < -0.4 is 3.51 Å². The fourth-order valence-electron chi connectivity index (χ4n) is 4.16. The molecule has 164 valence electrons. The van der Waals surface area contributed by atoms with E-state index in [-0.39, 0.29) is 0 Å². The van der Waals surface area contributed by atoms with Crippen LogP contribution in [-0.4, -0.2) is 66.3 Å². The molecule has 3 aromatic rings. The summed E-state index contributed by atoms with van der Waals surface area (Å²) in [5, 5.41) is 0. The molecule has 0 aromatic heterocycles. The Bertz CT molecular complexity index is 879. The van der Waals surface area contributed by atoms with Gasteiger partial charge < -0.3 is 0 Å². The number of rotatable bonds is 2. The fraction of sp³-hybridized carbons (Fsp3) is 0.357. The third kappa shape index (κ3) is 8.13. The van der Waals surface area contributed by atoms with E-state index in [2.05, 4.69) is 103 Å². The summed E-state index contributed by atoms with van der Waals surface area (Å²) >= 11 is 2.52. The van der Waals surface area contributed by atoms with Crippen LogP contribution >= 0.6 is 0 Å². The monoisotopic (exact) mass is 736 g/mol. The summed E-state index contributed by atoms with van der Waals surface area (Å²) in [6.07, 6.45) is 0. The molecule has 0 aliphatic carbocycles. The molecule has 0 saturated heterocycles. The molecule has 0 saturated carbocycles. The molecular formula is C28H37Sb3. The van der Waals surface area contributed by atoms with Crippen LogP contribution in [0.1, 0.15) is 33.4 Å². The summed E-state index contributed by atoms with van der Waals surface area (Å²) in [6.45, 7) is 13.3. The molecular weight excluding hydrogens is 702 g/mol. The van der Waals surface area contributed by atoms with Crippen LogP contribution in [0.2, 0.25) is 19.5 Å². The molecule has 0 amide bonds. The van der Waals surface area contributed by atoms with Gasteiger partial charge in [-0.2, -0.15) is 0 Å². The van der Waals surface area contributed by atoms with Crippen LogP contribution in [0.4, 0.5) is 0 Å². The second-order valence-electron chi connectivity index (χ2n) is 8.14. The fourth-order valence-corrected chi connectivity index (χ4v) is 5.22. The van der Waals surface area contributed by atoms with Crippen LogP contribution in [0.15, 0.2) is 42.5 Å². The number of benzene rings is 3. The molecule has 4 radical (unpaired) electrons. The number of aryl methyl sites for hydroxylation is 6. The Balaban J connectivity index is 0.000000720. The van der Waals surface area contributed by atoms with E-state index in [1.54, 1.807) is 0 Å². The van der Waals surface area contributed by atoms with Crippen LogP contribution in [0.3, 0.4) is 0 Å². The van der Waals surface area contributed by atoms with E-state index in [0.29, 0.717) is 43.2 Å². The standard InChI is InChI=1S/C24H25.4CH3.3Sb/c1-15-10-17(3)23(18(4)11-15)21-8-7-9-22(14-21)24-19(5)12-16(2)13-20(24)6;;;;;;;/h7-13H,1-6H3;4*1H3;;;. The average Bonchev–Trinajstić information content (AvgIpc) is 2.64. The molecule has 0 aliphatic rings. The Kier molecular flexibility index (Phi) is 13.5. The van der Waals surface area contributed by atoms with Crippen molar-refractivity contribution >= 4 is 69.8 Å². The first-order valence-electron chi connectivity index (χ1n) is 10.6. The van der Waals surface area contributed by atoms with Gasteiger partial charge in [-0.15, -0.1) is 0 Å². The van der Waals surface area contributed by atoms with E-state index in [0.717, 1.165) is 0 Å². The summed E-state index contributed by atoms with van der Waals surface area (Å²) < 4.78 is 1.42. The SMILES string of the molecule is Cc1cc(C)c(-c2cccc(-c3c(C)cc(C)cc3C)[c]2[Sb])c(C)c1.[CH3][Sb][CH3].[CH3][Sb][CH3]. The molecule has 0 fully saturated rings. The maximum absolute atomic E-state index is 2.29. The van der Waals surface area contributed by atoms with E-state index >= 15 is 0 Å². The zero-order valence-electron chi connectivity index (χ0n) is 20.9. The molecule has 3 heteroatoms. The predicted molar refractivity (Wildman–Crippen MR) is 146 cm³/mol. The summed E-state index contributed by atoms with van der Waals surface area (Å²) in [7, 11) is 0. The van der Waals surface area contributed by atoms with Crippen molar-refractivity contribution in [3.05, 3.63) is 75.8 Å². The normalized spacial score (nSPS) is 10.0. The Morgan fingerprint density at radius 1 is 0.548 bits per heavy atom. The second-order valence-corrected chi connectivity index (χ2v) is 14.5. The zero-order valence-corrected chi connectivity index (χ0v) is 28.5. The van der Waals surface area contributed by atoms with Gasteiger partial charge in [0.1, 0.15) is 0 Å². The van der Waals surface area contributed by atoms with Crippen molar-refractivity contribution in [1.82, 2.24) is 0 Å². The van der Waals surface area contributed by atoms with Gasteiger partial charge in [-0.25, -0.2) is 0 Å². The first-order chi connectivity index (χ1) is 14.6. The van der Waals surface area contributed by atoms with E-state index in [1.807, 2.05) is 23.0 Å². The Hall–Kier alpha value is 0.115. The Morgan fingerprint density at radius 3 is 1.06 bits per heavy atom. The summed E-state index contributed by atoms with van der Waals surface area (Å²) in [5.74, 6) is 0. The van der Waals surface area contributed by atoms with Crippen molar-refractivity contribution in [3.63, 3.8) is 0 Å². The second kappa shape index (κ2) is 14.4. The van der Waals surface area contributed by atoms with Gasteiger partial charge >= 0.3 is 229 Å². The molecule has 0 nitrogen and oxygen atoms in total. The number of hydrogen-bond acceptors (Lipinski definition) is 0. The molecule has 31 heavy (non-hydrogen) atoms. The molecule has 0 N–H and O–H groups in total. The zero-order chi connectivity index (χ0) is 23.7. The van der Waals surface area contributed by atoms with Crippen LogP contribution in [0, 0.1) is 41.5 Å². The third-order valence-corrected chi connectivity index (χ3v) is 6.30. The van der Waals surface area contributed by atoms with Gasteiger partial charge in [-0.3, -0.25) is 0 Å². The molecule has 0 atom stereocenters. The van der Waals surface area contributed by atoms with Crippen molar-refractivity contribution in [3.8, 4) is 22.3 Å². The van der Waals surface area contributed by atoms with E-state index < -0.39 is 0 Å². The molecule has 3 rings (SSSR count). The Morgan fingerprint density at radius 2 is 0.806 bits per heavy atom. The minimum atomic E-state index is 0.350. The van der Waals surface area contributed by atoms with Gasteiger partial charge in [0.25, 0.3) is 0 Å². The van der Waals surface area contributed by atoms with Crippen molar-refractivity contribution in [2.24, 2.45) is 0 Å². The average molecular weight is 739 g/mol. The maximum atomic E-state index is 2.29. The van der Waals surface area contributed by atoms with Crippen molar-refractivity contribution in [2.45, 2.75) is 61.0 Å². The topological polar surface area (TPSA) is 0 Å². The molecule has 3 aromatic carbocycles. The van der Waals surface area contributed by atoms with Crippen molar-refractivity contribution < 1.29 is 0 Å². The molecule has 0 aliphatic heterocycles. The quantitative estimate of drug-likeness (QED) is 0.244. The first-order valence-corrected chi connectivity index (χ1v) is 22.1. The van der Waals surface area contributed by atoms with Gasteiger partial charge in [-0.05, 0) is 0 Å². The van der Waals surface area contributed by atoms with E-state index in [4.69, 9.17) is 0 Å². The van der Waals surface area contributed by atoms with Crippen LogP contribution in [-0.2, 0) is 0 Å². The van der Waals surface area contributed by atoms with Gasteiger partial charge in [-0.1, -0.05) is 0 Å². The van der Waals surface area contributed by atoms with Crippen molar-refractivity contribution in [2.75, 3.05) is 0 Å². The third-order valence-electron chi connectivity index (χ3n) is 4.93. The van der Waals surface area contributed by atoms with Crippen molar-refractivity contribution in [1.29, 1.82) is 0 Å². The predicted octanol–water partition coefficient (Wildman–Crippen LogP) is 7.24. The molecule has 0 spiro atoms. The van der Waals surface area contributed by atoms with Crippen LogP contribution in [0.25, 0.3) is 22.3 Å². The minimum absolute atomic E-state index is 0.350. The molecule has 0 heterocycles. The molecule has 0 unspecified atom stereocenters. The Labute approximate surface area is 226 Å². The summed E-state index contributed by atoms with van der Waals surface area (Å²) in [6, 6.07) is 15.9. The number of hydrogen-bond donors (Lipinski definition) is 0. The van der Waals surface area contributed by atoms with Gasteiger partial charge in [0, 0.05) is 0 Å². The first kappa shape index (κ1) is 29.1. The van der Waals surface area contributed by atoms with Gasteiger partial charge in [0.05, 0.1) is 0 Å². The van der Waals surface area contributed by atoms with E-state index in [9.17, 15) is 0 Å². The van der Waals surface area contributed by atoms with Gasteiger partial charge in [0.2, 0.25) is 0 Å². The van der Waals surface area contributed by atoms with E-state index in [1.165, 1.54) is 59.1 Å².